The first-order chi connectivity index (χ1) is 7.19. The Morgan fingerprint density at radius 3 is 2.00 bits per heavy atom. The highest BCUT2D eigenvalue weighted by atomic mass is 14.9. The van der Waals surface area contributed by atoms with Gasteiger partial charge in [0.1, 0.15) is 0 Å². The second-order valence-electron chi connectivity index (χ2n) is 4.43. The number of benzene rings is 1. The lowest BCUT2D eigenvalue weighted by Gasteiger charge is -2.16. The maximum absolute atomic E-state index is 3.58. The summed E-state index contributed by atoms with van der Waals surface area (Å²) in [6.07, 6.45) is 2.21. The Labute approximate surface area is 93.9 Å². The largest absolute Gasteiger partial charge is 0.384 e. The molecule has 0 spiro atoms. The van der Waals surface area contributed by atoms with Crippen molar-refractivity contribution in [2.24, 2.45) is 5.92 Å². The van der Waals surface area contributed by atoms with Crippen molar-refractivity contribution >= 4 is 5.69 Å². The van der Waals surface area contributed by atoms with Crippen molar-refractivity contribution in [3.05, 3.63) is 29.3 Å². The topological polar surface area (TPSA) is 12.0 Å². The van der Waals surface area contributed by atoms with Crippen LogP contribution in [0, 0.1) is 5.92 Å². The van der Waals surface area contributed by atoms with Crippen LogP contribution >= 0.6 is 0 Å². The molecule has 0 aromatic heterocycles. The highest BCUT2D eigenvalue weighted by Crippen LogP contribution is 2.22. The first kappa shape index (κ1) is 12.1. The summed E-state index contributed by atoms with van der Waals surface area (Å²) in [5.41, 5.74) is 4.25. The Morgan fingerprint density at radius 1 is 1.07 bits per heavy atom. The number of anilines is 1. The van der Waals surface area contributed by atoms with Crippen LogP contribution in [0.15, 0.2) is 18.2 Å². The van der Waals surface area contributed by atoms with E-state index in [1.54, 1.807) is 0 Å². The van der Waals surface area contributed by atoms with Gasteiger partial charge in [-0.25, -0.2) is 0 Å². The summed E-state index contributed by atoms with van der Waals surface area (Å²) >= 11 is 0. The molecule has 0 unspecified atom stereocenters. The molecule has 0 aliphatic heterocycles. The van der Waals surface area contributed by atoms with E-state index in [-0.39, 0.29) is 0 Å². The third kappa shape index (κ3) is 3.26. The third-order valence-electron chi connectivity index (χ3n) is 2.69. The normalized spacial score (nSPS) is 10.7. The lowest BCUT2D eigenvalue weighted by molar-refractivity contribution is 0.687. The van der Waals surface area contributed by atoms with Crippen LogP contribution < -0.4 is 5.32 Å². The van der Waals surface area contributed by atoms with E-state index in [1.165, 1.54) is 16.8 Å². The summed E-state index contributed by atoms with van der Waals surface area (Å²) in [5.74, 6) is 0.694. The third-order valence-corrected chi connectivity index (χ3v) is 2.69. The van der Waals surface area contributed by atoms with Gasteiger partial charge in [0, 0.05) is 12.2 Å². The van der Waals surface area contributed by atoms with E-state index in [9.17, 15) is 0 Å². The molecule has 0 saturated heterocycles. The molecular formula is C14H23N. The van der Waals surface area contributed by atoms with Gasteiger partial charge in [-0.2, -0.15) is 0 Å². The van der Waals surface area contributed by atoms with E-state index in [0.29, 0.717) is 5.92 Å². The first-order valence-electron chi connectivity index (χ1n) is 6.03. The van der Waals surface area contributed by atoms with Gasteiger partial charge in [-0.3, -0.25) is 0 Å². The van der Waals surface area contributed by atoms with Crippen molar-refractivity contribution in [3.63, 3.8) is 0 Å². The molecule has 0 aliphatic rings. The molecule has 1 nitrogen and oxygen atoms in total. The summed E-state index contributed by atoms with van der Waals surface area (Å²) in [5, 5.41) is 3.58. The predicted molar refractivity (Wildman–Crippen MR) is 68.5 cm³/mol. The minimum Gasteiger partial charge on any atom is -0.384 e. The maximum Gasteiger partial charge on any atom is 0.0405 e. The molecular weight excluding hydrogens is 182 g/mol. The van der Waals surface area contributed by atoms with Crippen molar-refractivity contribution in [3.8, 4) is 0 Å². The molecule has 0 fully saturated rings. The van der Waals surface area contributed by atoms with Crippen LogP contribution in [0.5, 0.6) is 0 Å². The van der Waals surface area contributed by atoms with Gasteiger partial charge < -0.3 is 5.32 Å². The monoisotopic (exact) mass is 205 g/mol. The van der Waals surface area contributed by atoms with Crippen LogP contribution in [0.4, 0.5) is 5.69 Å². The van der Waals surface area contributed by atoms with Gasteiger partial charge in [0.2, 0.25) is 0 Å². The molecule has 0 aliphatic carbocycles. The summed E-state index contributed by atoms with van der Waals surface area (Å²) in [4.78, 5) is 0. The van der Waals surface area contributed by atoms with E-state index in [2.05, 4.69) is 51.2 Å². The number of hydrogen-bond acceptors (Lipinski definition) is 1. The van der Waals surface area contributed by atoms with Gasteiger partial charge >= 0.3 is 0 Å². The molecule has 0 amide bonds. The Kier molecular flexibility index (Phi) is 4.67. The molecule has 1 heteroatoms. The number of nitrogens with one attached hydrogen (secondary N) is 1. The van der Waals surface area contributed by atoms with Gasteiger partial charge in [0.05, 0.1) is 0 Å². The summed E-state index contributed by atoms with van der Waals surface area (Å²) in [7, 11) is 0. The van der Waals surface area contributed by atoms with Crippen molar-refractivity contribution in [2.45, 2.75) is 40.5 Å². The van der Waals surface area contributed by atoms with Crippen LogP contribution in [0.2, 0.25) is 0 Å². The minimum atomic E-state index is 0.694. The highest BCUT2D eigenvalue weighted by molar-refractivity contribution is 5.57. The standard InChI is InChI=1S/C14H23N/c1-5-12-8-7-9-13(6-2)14(12)15-10-11(3)4/h7-9,11,15H,5-6,10H2,1-4H3. The zero-order valence-electron chi connectivity index (χ0n) is 10.4. The van der Waals surface area contributed by atoms with Crippen LogP contribution in [-0.4, -0.2) is 6.54 Å². The Balaban J connectivity index is 2.89. The quantitative estimate of drug-likeness (QED) is 0.769. The van der Waals surface area contributed by atoms with E-state index in [0.717, 1.165) is 19.4 Å². The number of rotatable bonds is 5. The van der Waals surface area contributed by atoms with Gasteiger partial charge in [-0.15, -0.1) is 0 Å². The molecule has 1 N–H and O–H groups in total. The molecule has 0 atom stereocenters. The van der Waals surface area contributed by atoms with E-state index >= 15 is 0 Å². The fourth-order valence-corrected chi connectivity index (χ4v) is 1.78. The second-order valence-corrected chi connectivity index (χ2v) is 4.43. The summed E-state index contributed by atoms with van der Waals surface area (Å²) < 4.78 is 0. The summed E-state index contributed by atoms with van der Waals surface area (Å²) in [6, 6.07) is 6.61. The average Bonchev–Trinajstić information content (AvgIpc) is 2.25. The molecule has 0 bridgehead atoms. The Morgan fingerprint density at radius 2 is 1.60 bits per heavy atom. The lowest BCUT2D eigenvalue weighted by Crippen LogP contribution is -2.11. The highest BCUT2D eigenvalue weighted by Gasteiger charge is 2.05. The number of para-hydroxylation sites is 1. The van der Waals surface area contributed by atoms with Gasteiger partial charge in [-0.1, -0.05) is 45.9 Å². The second kappa shape index (κ2) is 5.79. The first-order valence-corrected chi connectivity index (χ1v) is 6.03. The van der Waals surface area contributed by atoms with Crippen LogP contribution in [0.3, 0.4) is 0 Å². The molecule has 1 aromatic rings. The lowest BCUT2D eigenvalue weighted by atomic mass is 10.0. The molecule has 0 heterocycles. The fraction of sp³-hybridized carbons (Fsp3) is 0.571. The average molecular weight is 205 g/mol. The molecule has 0 saturated carbocycles. The molecule has 1 rings (SSSR count). The van der Waals surface area contributed by atoms with E-state index < -0.39 is 0 Å². The number of aryl methyl sites for hydroxylation is 2. The predicted octanol–water partition coefficient (Wildman–Crippen LogP) is 3.88. The fourth-order valence-electron chi connectivity index (χ4n) is 1.78. The molecule has 84 valence electrons. The SMILES string of the molecule is CCc1cccc(CC)c1NCC(C)C. The van der Waals surface area contributed by atoms with Crippen molar-refractivity contribution < 1.29 is 0 Å². The zero-order chi connectivity index (χ0) is 11.3. The van der Waals surface area contributed by atoms with Gasteiger partial charge in [0.15, 0.2) is 0 Å². The van der Waals surface area contributed by atoms with Crippen LogP contribution in [0.25, 0.3) is 0 Å². The van der Waals surface area contributed by atoms with Gasteiger partial charge in [-0.05, 0) is 29.9 Å². The summed E-state index contributed by atoms with van der Waals surface area (Å²) in [6.45, 7) is 9.98. The minimum absolute atomic E-state index is 0.694. The Hall–Kier alpha value is -0.980. The molecule has 15 heavy (non-hydrogen) atoms. The number of hydrogen-bond donors (Lipinski definition) is 1. The maximum atomic E-state index is 3.58. The van der Waals surface area contributed by atoms with Crippen LogP contribution in [-0.2, 0) is 12.8 Å². The van der Waals surface area contributed by atoms with Crippen molar-refractivity contribution in [1.82, 2.24) is 0 Å². The van der Waals surface area contributed by atoms with Crippen molar-refractivity contribution in [1.29, 1.82) is 0 Å². The van der Waals surface area contributed by atoms with Gasteiger partial charge in [0.25, 0.3) is 0 Å². The van der Waals surface area contributed by atoms with E-state index in [4.69, 9.17) is 0 Å². The molecule has 1 aromatic carbocycles. The smallest absolute Gasteiger partial charge is 0.0405 e. The molecule has 0 radical (unpaired) electrons. The van der Waals surface area contributed by atoms with Crippen LogP contribution in [0.1, 0.15) is 38.8 Å². The van der Waals surface area contributed by atoms with E-state index in [1.807, 2.05) is 0 Å². The van der Waals surface area contributed by atoms with Crippen molar-refractivity contribution in [2.75, 3.05) is 11.9 Å². The zero-order valence-corrected chi connectivity index (χ0v) is 10.4. The Bertz CT molecular complexity index is 280.